The zero-order valence-corrected chi connectivity index (χ0v) is 27.1. The fraction of sp³-hybridized carbons (Fsp3) is 0.412. The van der Waals surface area contributed by atoms with Crippen LogP contribution in [0, 0.1) is 18.6 Å². The Labute approximate surface area is 263 Å². The van der Waals surface area contributed by atoms with Crippen molar-refractivity contribution in [1.29, 1.82) is 0 Å². The van der Waals surface area contributed by atoms with E-state index in [9.17, 15) is 13.6 Å². The Morgan fingerprint density at radius 3 is 2.25 bits per heavy atom. The molecule has 7 nitrogen and oxygen atoms in total. The molecule has 0 radical (unpaired) electrons. The van der Waals surface area contributed by atoms with Crippen LogP contribution in [0.15, 0.2) is 60.8 Å². The Hall–Kier alpha value is -3.44. The molecule has 236 valence electrons. The van der Waals surface area contributed by atoms with E-state index >= 15 is 0 Å². The summed E-state index contributed by atoms with van der Waals surface area (Å²) in [5.74, 6) is -0.518. The van der Waals surface area contributed by atoms with Crippen molar-refractivity contribution < 1.29 is 13.6 Å². The number of carbonyl (C=O) groups is 1. The molecular formula is C34H44F2N6OS. The molecule has 0 saturated heterocycles. The zero-order chi connectivity index (χ0) is 31.8. The first-order chi connectivity index (χ1) is 21.0. The third kappa shape index (κ3) is 9.53. The van der Waals surface area contributed by atoms with Crippen LogP contribution in [-0.4, -0.2) is 78.9 Å². The summed E-state index contributed by atoms with van der Waals surface area (Å²) in [4.78, 5) is 19.2. The van der Waals surface area contributed by atoms with Crippen LogP contribution in [0.25, 0.3) is 11.3 Å². The molecule has 1 amide bonds. The minimum Gasteiger partial charge on any atom is -0.347 e. The predicted octanol–water partition coefficient (Wildman–Crippen LogP) is 5.17. The summed E-state index contributed by atoms with van der Waals surface area (Å²) >= 11 is 1.58. The van der Waals surface area contributed by atoms with E-state index in [0.29, 0.717) is 13.0 Å². The molecule has 0 spiro atoms. The quantitative estimate of drug-likeness (QED) is 0.255. The van der Waals surface area contributed by atoms with Gasteiger partial charge in [-0.2, -0.15) is 5.10 Å². The first-order valence-electron chi connectivity index (χ1n) is 15.0. The molecule has 5 rings (SSSR count). The van der Waals surface area contributed by atoms with E-state index in [1.54, 1.807) is 23.5 Å². The molecule has 2 unspecified atom stereocenters. The number of hydrogen-bond acceptors (Lipinski definition) is 6. The average molecular weight is 623 g/mol. The number of nitrogens with one attached hydrogen (secondary N) is 1. The van der Waals surface area contributed by atoms with Crippen molar-refractivity contribution in [3.05, 3.63) is 98.9 Å². The van der Waals surface area contributed by atoms with E-state index in [4.69, 9.17) is 5.73 Å². The number of carbonyl (C=O) groups excluding carboxylic acids is 1. The first kappa shape index (κ1) is 33.5. The normalized spacial score (nSPS) is 13.9. The summed E-state index contributed by atoms with van der Waals surface area (Å²) in [6.45, 7) is 4.47. The maximum absolute atomic E-state index is 13.6. The fourth-order valence-electron chi connectivity index (χ4n) is 5.62. The number of thiophene rings is 1. The van der Waals surface area contributed by atoms with Crippen LogP contribution in [-0.2, 0) is 25.8 Å². The Kier molecular flexibility index (Phi) is 11.8. The van der Waals surface area contributed by atoms with Gasteiger partial charge >= 0.3 is 0 Å². The number of amides is 1. The molecule has 2 aromatic carbocycles. The van der Waals surface area contributed by atoms with Gasteiger partial charge in [-0.3, -0.25) is 9.48 Å². The Bertz CT molecular complexity index is 1530. The summed E-state index contributed by atoms with van der Waals surface area (Å²) in [6.07, 6.45) is 5.18. The Balaban J connectivity index is 0.000000265. The van der Waals surface area contributed by atoms with Crippen molar-refractivity contribution in [2.75, 3.05) is 41.3 Å². The lowest BCUT2D eigenvalue weighted by Gasteiger charge is -2.22. The zero-order valence-electron chi connectivity index (χ0n) is 26.3. The topological polar surface area (TPSA) is 79.4 Å². The van der Waals surface area contributed by atoms with E-state index in [1.165, 1.54) is 29.1 Å². The van der Waals surface area contributed by atoms with Crippen molar-refractivity contribution in [3.8, 4) is 11.3 Å². The number of halogens is 2. The highest BCUT2D eigenvalue weighted by Crippen LogP contribution is 2.36. The van der Waals surface area contributed by atoms with Crippen LogP contribution in [0.4, 0.5) is 8.78 Å². The van der Waals surface area contributed by atoms with Gasteiger partial charge in [0.2, 0.25) is 0 Å². The maximum atomic E-state index is 13.6. The van der Waals surface area contributed by atoms with E-state index in [2.05, 4.69) is 17.3 Å². The van der Waals surface area contributed by atoms with Gasteiger partial charge < -0.3 is 20.9 Å². The van der Waals surface area contributed by atoms with Crippen LogP contribution in [0.5, 0.6) is 0 Å². The average Bonchev–Trinajstić information content (AvgIpc) is 3.46. The molecule has 1 aliphatic heterocycles. The molecule has 10 heteroatoms. The van der Waals surface area contributed by atoms with Crippen LogP contribution < -0.4 is 11.1 Å². The standard InChI is InChI=1S/C23H27FN4OS.C11H17FN2/c1-15-13-25-28-9-5-8-20-19(22(15)28)12-21(30-20)23(29)26-18(14-27(2)3)11-16-6-4-7-17(24)10-16;1-14(2)8-11(13)7-9-4-3-5-10(12)6-9/h4,6-7,10,12-13,18H,5,8-9,11,14H2,1-3H3,(H,26,29);3-6,11H,7-8,13H2,1-2H3. The van der Waals surface area contributed by atoms with Crippen molar-refractivity contribution >= 4 is 17.2 Å². The van der Waals surface area contributed by atoms with Crippen LogP contribution in [0.3, 0.4) is 0 Å². The number of rotatable bonds is 10. The second-order valence-corrected chi connectivity index (χ2v) is 13.2. The molecule has 2 atom stereocenters. The van der Waals surface area contributed by atoms with Gasteiger partial charge in [0.1, 0.15) is 11.6 Å². The number of nitrogens with two attached hydrogens (primary N) is 1. The van der Waals surface area contributed by atoms with Gasteiger partial charge in [-0.25, -0.2) is 8.78 Å². The molecule has 0 bridgehead atoms. The smallest absolute Gasteiger partial charge is 0.261 e. The van der Waals surface area contributed by atoms with Gasteiger partial charge in [0.15, 0.2) is 0 Å². The van der Waals surface area contributed by atoms with Crippen LogP contribution >= 0.6 is 11.3 Å². The first-order valence-corrected chi connectivity index (χ1v) is 15.8. The minimum absolute atomic E-state index is 0.0619. The number of hydrogen-bond donors (Lipinski definition) is 2. The third-order valence-electron chi connectivity index (χ3n) is 7.36. The van der Waals surface area contributed by atoms with E-state index in [1.807, 2.05) is 67.1 Å². The van der Waals surface area contributed by atoms with Crippen molar-refractivity contribution in [3.63, 3.8) is 0 Å². The number of aromatic nitrogens is 2. The fourth-order valence-corrected chi connectivity index (χ4v) is 6.73. The monoisotopic (exact) mass is 622 g/mol. The number of fused-ring (bicyclic) bond motifs is 3. The largest absolute Gasteiger partial charge is 0.347 e. The highest BCUT2D eigenvalue weighted by molar-refractivity contribution is 7.14. The predicted molar refractivity (Wildman–Crippen MR) is 175 cm³/mol. The van der Waals surface area contributed by atoms with Gasteiger partial charge in [0.05, 0.1) is 16.8 Å². The van der Waals surface area contributed by atoms with Gasteiger partial charge in [0.25, 0.3) is 5.91 Å². The van der Waals surface area contributed by atoms with Gasteiger partial charge in [-0.15, -0.1) is 11.3 Å². The van der Waals surface area contributed by atoms with Crippen LogP contribution in [0.2, 0.25) is 0 Å². The number of nitrogens with zero attached hydrogens (tertiary/aromatic N) is 4. The van der Waals surface area contributed by atoms with Crippen molar-refractivity contribution in [1.82, 2.24) is 24.9 Å². The summed E-state index contributed by atoms with van der Waals surface area (Å²) in [7, 11) is 7.90. The molecular weight excluding hydrogens is 578 g/mol. The summed E-state index contributed by atoms with van der Waals surface area (Å²) < 4.78 is 28.5. The third-order valence-corrected chi connectivity index (χ3v) is 8.56. The number of likely N-dealkylation sites (N-methyl/N-ethyl adjacent to an activating group) is 2. The Morgan fingerprint density at radius 2 is 1.64 bits per heavy atom. The highest BCUT2D eigenvalue weighted by Gasteiger charge is 2.24. The highest BCUT2D eigenvalue weighted by atomic mass is 32.1. The number of benzene rings is 2. The lowest BCUT2D eigenvalue weighted by molar-refractivity contribution is 0.0934. The van der Waals surface area contributed by atoms with Gasteiger partial charge in [-0.05, 0) is 108 Å². The Morgan fingerprint density at radius 1 is 1.00 bits per heavy atom. The summed E-state index contributed by atoms with van der Waals surface area (Å²) in [6, 6.07) is 15.1. The molecule has 1 aliphatic rings. The minimum atomic E-state index is -0.253. The molecule has 0 aliphatic carbocycles. The van der Waals surface area contributed by atoms with Crippen LogP contribution in [0.1, 0.15) is 37.7 Å². The van der Waals surface area contributed by atoms with Crippen molar-refractivity contribution in [2.24, 2.45) is 5.73 Å². The summed E-state index contributed by atoms with van der Waals surface area (Å²) in [5, 5.41) is 7.66. The molecule has 44 heavy (non-hydrogen) atoms. The lowest BCUT2D eigenvalue weighted by Crippen LogP contribution is -2.43. The van der Waals surface area contributed by atoms with Crippen molar-refractivity contribution in [2.45, 2.75) is 51.2 Å². The summed E-state index contributed by atoms with van der Waals surface area (Å²) in [5.41, 5.74) is 11.1. The lowest BCUT2D eigenvalue weighted by atomic mass is 10.0. The molecule has 2 aromatic heterocycles. The molecule has 3 N–H and O–H groups in total. The van der Waals surface area contributed by atoms with Gasteiger partial charge in [-0.1, -0.05) is 24.3 Å². The van der Waals surface area contributed by atoms with Gasteiger partial charge in [0, 0.05) is 42.2 Å². The molecule has 0 fully saturated rings. The van der Waals surface area contributed by atoms with E-state index in [0.717, 1.165) is 65.2 Å². The SMILES string of the molecule is CN(C)CC(N)Cc1cccc(F)c1.Cc1cnn2c1-c1cc(C(=O)NC(Cc3cccc(F)c3)CN(C)C)sc1CCC2. The molecule has 3 heterocycles. The molecule has 0 saturated carbocycles. The second-order valence-electron chi connectivity index (χ2n) is 12.1. The van der Waals surface area contributed by atoms with E-state index < -0.39 is 0 Å². The van der Waals surface area contributed by atoms with E-state index in [-0.39, 0.29) is 29.6 Å². The number of aryl methyl sites for hydroxylation is 3. The second kappa shape index (κ2) is 15.5. The maximum Gasteiger partial charge on any atom is 0.261 e. The molecule has 4 aromatic rings.